The lowest BCUT2D eigenvalue weighted by Crippen LogP contribution is -2.47. The highest BCUT2D eigenvalue weighted by atomic mass is 32.1. The van der Waals surface area contributed by atoms with E-state index in [1.165, 1.54) is 27.1 Å². The molecule has 1 fully saturated rings. The van der Waals surface area contributed by atoms with Crippen LogP contribution in [0.3, 0.4) is 0 Å². The van der Waals surface area contributed by atoms with Crippen molar-refractivity contribution in [3.63, 3.8) is 0 Å². The molecule has 4 heterocycles. The van der Waals surface area contributed by atoms with Crippen LogP contribution in [0, 0.1) is 0 Å². The molecule has 23 heavy (non-hydrogen) atoms. The Kier molecular flexibility index (Phi) is 4.06. The zero-order valence-electron chi connectivity index (χ0n) is 12.9. The third-order valence-corrected chi connectivity index (χ3v) is 6.43. The van der Waals surface area contributed by atoms with Crippen molar-refractivity contribution in [3.05, 3.63) is 33.6 Å². The Balaban J connectivity index is 1.71. The maximum absolute atomic E-state index is 10.6. The minimum Gasteiger partial charge on any atom is -0.492 e. The molecule has 1 N–H and O–H groups in total. The van der Waals surface area contributed by atoms with Crippen LogP contribution in [0.1, 0.15) is 22.7 Å². The molecule has 1 atom stereocenters. The summed E-state index contributed by atoms with van der Waals surface area (Å²) >= 11 is 3.27. The molecule has 0 amide bonds. The lowest BCUT2D eigenvalue weighted by Gasteiger charge is -2.38. The number of thiophene rings is 1. The Morgan fingerprint density at radius 2 is 2.13 bits per heavy atom. The SMILES string of the molecule is CCN1CCN([C@@H](c2cccs2)c2sc3ncnn3c2O)CC1. The molecule has 8 heteroatoms. The maximum Gasteiger partial charge on any atom is 0.230 e. The normalized spacial score (nSPS) is 18.7. The zero-order valence-corrected chi connectivity index (χ0v) is 14.6. The molecule has 0 spiro atoms. The largest absolute Gasteiger partial charge is 0.492 e. The molecule has 0 saturated carbocycles. The Morgan fingerprint density at radius 3 is 2.78 bits per heavy atom. The average molecular weight is 349 g/mol. The summed E-state index contributed by atoms with van der Waals surface area (Å²) in [7, 11) is 0. The first-order valence-electron chi connectivity index (χ1n) is 7.79. The van der Waals surface area contributed by atoms with Gasteiger partial charge in [0.25, 0.3) is 0 Å². The predicted molar refractivity (Wildman–Crippen MR) is 92.4 cm³/mol. The number of aromatic nitrogens is 3. The van der Waals surface area contributed by atoms with E-state index in [0.717, 1.165) is 42.6 Å². The Hall–Kier alpha value is -1.48. The Bertz CT molecular complexity index is 773. The van der Waals surface area contributed by atoms with Gasteiger partial charge in [0, 0.05) is 31.1 Å². The lowest BCUT2D eigenvalue weighted by molar-refractivity contribution is 0.114. The second-order valence-electron chi connectivity index (χ2n) is 5.63. The topological polar surface area (TPSA) is 56.9 Å². The van der Waals surface area contributed by atoms with Crippen molar-refractivity contribution in [2.24, 2.45) is 0 Å². The fraction of sp³-hybridized carbons (Fsp3) is 0.467. The number of hydrogen-bond donors (Lipinski definition) is 1. The fourth-order valence-electron chi connectivity index (χ4n) is 3.13. The van der Waals surface area contributed by atoms with Gasteiger partial charge in [0.05, 0.1) is 10.9 Å². The number of piperazine rings is 1. The first-order valence-corrected chi connectivity index (χ1v) is 9.48. The number of rotatable bonds is 4. The molecular weight excluding hydrogens is 330 g/mol. The smallest absolute Gasteiger partial charge is 0.230 e. The number of thiazole rings is 1. The van der Waals surface area contributed by atoms with Crippen LogP contribution in [-0.2, 0) is 0 Å². The van der Waals surface area contributed by atoms with E-state index in [1.807, 2.05) is 0 Å². The van der Waals surface area contributed by atoms with Gasteiger partial charge in [0.2, 0.25) is 10.8 Å². The number of hydrogen-bond acceptors (Lipinski definition) is 7. The van der Waals surface area contributed by atoms with E-state index in [4.69, 9.17) is 0 Å². The van der Waals surface area contributed by atoms with E-state index in [2.05, 4.69) is 44.3 Å². The van der Waals surface area contributed by atoms with Gasteiger partial charge >= 0.3 is 0 Å². The zero-order chi connectivity index (χ0) is 15.8. The minimum absolute atomic E-state index is 0.0857. The number of nitrogens with zero attached hydrogens (tertiary/aromatic N) is 5. The van der Waals surface area contributed by atoms with E-state index in [9.17, 15) is 5.11 Å². The second kappa shape index (κ2) is 6.20. The van der Waals surface area contributed by atoms with Crippen molar-refractivity contribution < 1.29 is 5.11 Å². The van der Waals surface area contributed by atoms with Gasteiger partial charge in [-0.05, 0) is 18.0 Å². The Labute approximate surface area is 142 Å². The van der Waals surface area contributed by atoms with Crippen LogP contribution in [-0.4, -0.2) is 62.2 Å². The summed E-state index contributed by atoms with van der Waals surface area (Å²) in [5, 5.41) is 16.8. The molecule has 0 aromatic carbocycles. The van der Waals surface area contributed by atoms with Gasteiger partial charge in [-0.2, -0.15) is 9.61 Å². The van der Waals surface area contributed by atoms with Crippen molar-refractivity contribution in [1.29, 1.82) is 0 Å². The van der Waals surface area contributed by atoms with Crippen LogP contribution in [0.2, 0.25) is 0 Å². The molecule has 0 aliphatic carbocycles. The van der Waals surface area contributed by atoms with Crippen LogP contribution in [0.5, 0.6) is 5.88 Å². The van der Waals surface area contributed by atoms with Crippen molar-refractivity contribution in [2.75, 3.05) is 32.7 Å². The van der Waals surface area contributed by atoms with Crippen molar-refractivity contribution in [1.82, 2.24) is 24.4 Å². The second-order valence-corrected chi connectivity index (χ2v) is 7.62. The van der Waals surface area contributed by atoms with E-state index >= 15 is 0 Å². The van der Waals surface area contributed by atoms with Crippen LogP contribution in [0.15, 0.2) is 23.8 Å². The highest BCUT2D eigenvalue weighted by Gasteiger charge is 2.31. The molecule has 1 aliphatic heterocycles. The first-order chi connectivity index (χ1) is 11.3. The predicted octanol–water partition coefficient (Wildman–Crippen LogP) is 2.28. The molecule has 0 unspecified atom stereocenters. The number of fused-ring (bicyclic) bond motifs is 1. The van der Waals surface area contributed by atoms with Crippen LogP contribution in [0.4, 0.5) is 0 Å². The summed E-state index contributed by atoms with van der Waals surface area (Å²) in [5.74, 6) is 0.221. The molecule has 0 bridgehead atoms. The minimum atomic E-state index is 0.0857. The molecule has 3 aromatic heterocycles. The van der Waals surface area contributed by atoms with E-state index in [-0.39, 0.29) is 11.9 Å². The molecule has 4 rings (SSSR count). The van der Waals surface area contributed by atoms with Gasteiger partial charge in [-0.15, -0.1) is 11.3 Å². The summed E-state index contributed by atoms with van der Waals surface area (Å²) in [6.07, 6.45) is 1.48. The van der Waals surface area contributed by atoms with Crippen LogP contribution < -0.4 is 0 Å². The molecule has 0 radical (unpaired) electrons. The molecule has 122 valence electrons. The van der Waals surface area contributed by atoms with Gasteiger partial charge in [0.15, 0.2) is 0 Å². The van der Waals surface area contributed by atoms with Crippen LogP contribution in [0.25, 0.3) is 4.96 Å². The van der Waals surface area contributed by atoms with Gasteiger partial charge in [0.1, 0.15) is 6.33 Å². The van der Waals surface area contributed by atoms with E-state index in [0.29, 0.717) is 0 Å². The highest BCUT2D eigenvalue weighted by Crippen LogP contribution is 2.41. The summed E-state index contributed by atoms with van der Waals surface area (Å²) in [6, 6.07) is 4.31. The lowest BCUT2D eigenvalue weighted by atomic mass is 10.1. The average Bonchev–Trinajstić information content (AvgIpc) is 3.30. The van der Waals surface area contributed by atoms with Gasteiger partial charge in [-0.25, -0.2) is 4.98 Å². The third-order valence-electron chi connectivity index (χ3n) is 4.42. The molecule has 1 aliphatic rings. The third kappa shape index (κ3) is 2.65. The van der Waals surface area contributed by atoms with Crippen LogP contribution >= 0.6 is 22.7 Å². The number of likely N-dealkylation sites (N-methyl/N-ethyl adjacent to an activating group) is 1. The number of aromatic hydroxyl groups is 1. The van der Waals surface area contributed by atoms with Gasteiger partial charge in [-0.3, -0.25) is 4.90 Å². The van der Waals surface area contributed by atoms with E-state index in [1.54, 1.807) is 11.3 Å². The van der Waals surface area contributed by atoms with Crippen molar-refractivity contribution >= 4 is 27.6 Å². The quantitative estimate of drug-likeness (QED) is 0.783. The summed E-state index contributed by atoms with van der Waals surface area (Å²) < 4.78 is 1.53. The molecule has 6 nitrogen and oxygen atoms in total. The monoisotopic (exact) mass is 349 g/mol. The maximum atomic E-state index is 10.6. The molecular formula is C15H19N5OS2. The standard InChI is InChI=1S/C15H19N5OS2/c1-2-18-5-7-19(8-6-18)12(11-4-3-9-22-11)13-14(21)20-15(23-13)16-10-17-20/h3-4,9-10,12,21H,2,5-8H2,1H3/t12-/m0/s1. The summed E-state index contributed by atoms with van der Waals surface area (Å²) in [4.78, 5) is 12.1. The van der Waals surface area contributed by atoms with E-state index < -0.39 is 0 Å². The first kappa shape index (κ1) is 15.1. The highest BCUT2D eigenvalue weighted by molar-refractivity contribution is 7.17. The fourth-order valence-corrected chi connectivity index (χ4v) is 5.16. The van der Waals surface area contributed by atoms with Crippen molar-refractivity contribution in [3.8, 4) is 5.88 Å². The van der Waals surface area contributed by atoms with Gasteiger partial charge < -0.3 is 10.0 Å². The summed E-state index contributed by atoms with van der Waals surface area (Å²) in [6.45, 7) is 7.45. The summed E-state index contributed by atoms with van der Waals surface area (Å²) in [5.41, 5.74) is 0. The van der Waals surface area contributed by atoms with Gasteiger partial charge in [-0.1, -0.05) is 24.3 Å². The Morgan fingerprint density at radius 1 is 1.30 bits per heavy atom. The molecule has 1 saturated heterocycles. The molecule has 3 aromatic rings. The van der Waals surface area contributed by atoms with Crippen molar-refractivity contribution in [2.45, 2.75) is 13.0 Å².